The standard InChI is InChI=1S/C9H17NO2S2/c1-3-7-5-6-13-14-9(7,4-2)10-8(11)12/h7,10H,3-6H2,1-2H3,(H,11,12). The van der Waals surface area contributed by atoms with Gasteiger partial charge in [-0.3, -0.25) is 0 Å². The van der Waals surface area contributed by atoms with Crippen LogP contribution in [0.15, 0.2) is 0 Å². The lowest BCUT2D eigenvalue weighted by Gasteiger charge is -2.41. The Bertz CT molecular complexity index is 213. The van der Waals surface area contributed by atoms with Gasteiger partial charge in [0.25, 0.3) is 0 Å². The Balaban J connectivity index is 2.75. The molecule has 0 aromatic heterocycles. The zero-order valence-electron chi connectivity index (χ0n) is 8.58. The molecule has 1 saturated heterocycles. The number of rotatable bonds is 3. The number of hydrogen-bond donors (Lipinski definition) is 2. The van der Waals surface area contributed by atoms with Crippen molar-refractivity contribution in [3.63, 3.8) is 0 Å². The fourth-order valence-electron chi connectivity index (χ4n) is 1.91. The summed E-state index contributed by atoms with van der Waals surface area (Å²) in [7, 11) is 3.47. The third-order valence-corrected chi connectivity index (χ3v) is 6.04. The number of amides is 1. The molecule has 1 aliphatic rings. The Morgan fingerprint density at radius 3 is 2.86 bits per heavy atom. The zero-order chi connectivity index (χ0) is 10.6. The predicted molar refractivity (Wildman–Crippen MR) is 62.6 cm³/mol. The van der Waals surface area contributed by atoms with E-state index in [9.17, 15) is 4.79 Å². The van der Waals surface area contributed by atoms with Gasteiger partial charge in [0.1, 0.15) is 4.87 Å². The Kier molecular flexibility index (Phi) is 4.44. The first-order valence-corrected chi connectivity index (χ1v) is 7.28. The van der Waals surface area contributed by atoms with Crippen molar-refractivity contribution in [2.75, 3.05) is 5.75 Å². The van der Waals surface area contributed by atoms with Crippen LogP contribution in [0, 0.1) is 5.92 Å². The summed E-state index contributed by atoms with van der Waals surface area (Å²) in [5.74, 6) is 1.60. The highest BCUT2D eigenvalue weighted by Crippen LogP contribution is 2.49. The summed E-state index contributed by atoms with van der Waals surface area (Å²) in [6.45, 7) is 4.19. The maximum atomic E-state index is 10.8. The van der Waals surface area contributed by atoms with E-state index in [2.05, 4.69) is 19.2 Å². The fraction of sp³-hybridized carbons (Fsp3) is 0.889. The van der Waals surface area contributed by atoms with Crippen LogP contribution in [0.4, 0.5) is 4.79 Å². The van der Waals surface area contributed by atoms with Crippen LogP contribution in [0.3, 0.4) is 0 Å². The van der Waals surface area contributed by atoms with E-state index in [4.69, 9.17) is 5.11 Å². The number of carboxylic acid groups (broad SMARTS) is 1. The molecule has 1 amide bonds. The number of hydrogen-bond acceptors (Lipinski definition) is 3. The van der Waals surface area contributed by atoms with Gasteiger partial charge in [-0.2, -0.15) is 0 Å². The molecule has 0 aliphatic carbocycles. The lowest BCUT2D eigenvalue weighted by Crippen LogP contribution is -2.51. The van der Waals surface area contributed by atoms with E-state index in [0.29, 0.717) is 5.92 Å². The van der Waals surface area contributed by atoms with Gasteiger partial charge in [-0.25, -0.2) is 4.79 Å². The molecule has 14 heavy (non-hydrogen) atoms. The van der Waals surface area contributed by atoms with Crippen LogP contribution in [0.25, 0.3) is 0 Å². The molecule has 1 fully saturated rings. The smallest absolute Gasteiger partial charge is 0.405 e. The molecule has 2 atom stereocenters. The van der Waals surface area contributed by atoms with E-state index >= 15 is 0 Å². The molecule has 1 aliphatic heterocycles. The summed E-state index contributed by atoms with van der Waals surface area (Å²) in [5.41, 5.74) is 0. The molecule has 0 saturated carbocycles. The second-order valence-corrected chi connectivity index (χ2v) is 6.22. The summed E-state index contributed by atoms with van der Waals surface area (Å²) < 4.78 is 0. The molecule has 0 aromatic rings. The SMILES string of the molecule is CCC1CCSSC1(CC)NC(=O)O. The zero-order valence-corrected chi connectivity index (χ0v) is 10.2. The van der Waals surface area contributed by atoms with Gasteiger partial charge in [0, 0.05) is 5.75 Å². The quantitative estimate of drug-likeness (QED) is 0.738. The Morgan fingerprint density at radius 1 is 1.64 bits per heavy atom. The van der Waals surface area contributed by atoms with Crippen molar-refractivity contribution in [3.05, 3.63) is 0 Å². The minimum absolute atomic E-state index is 0.260. The molecule has 0 aromatic carbocycles. The first-order chi connectivity index (χ1) is 6.64. The molecule has 1 heterocycles. The molecular formula is C9H17NO2S2. The van der Waals surface area contributed by atoms with Crippen molar-refractivity contribution >= 4 is 27.7 Å². The first kappa shape index (κ1) is 12.0. The van der Waals surface area contributed by atoms with Crippen molar-refractivity contribution in [1.29, 1.82) is 0 Å². The van der Waals surface area contributed by atoms with E-state index in [0.717, 1.165) is 25.0 Å². The normalized spacial score (nSPS) is 32.6. The van der Waals surface area contributed by atoms with Crippen molar-refractivity contribution in [2.24, 2.45) is 5.92 Å². The van der Waals surface area contributed by atoms with Crippen LogP contribution in [0.2, 0.25) is 0 Å². The number of carbonyl (C=O) groups is 1. The van der Waals surface area contributed by atoms with Crippen LogP contribution < -0.4 is 5.32 Å². The summed E-state index contributed by atoms with van der Waals surface area (Å²) in [6.07, 6.45) is 2.11. The highest BCUT2D eigenvalue weighted by molar-refractivity contribution is 8.77. The Labute approximate surface area is 92.8 Å². The molecule has 3 nitrogen and oxygen atoms in total. The maximum Gasteiger partial charge on any atom is 0.405 e. The maximum absolute atomic E-state index is 10.8. The first-order valence-electron chi connectivity index (χ1n) is 4.96. The van der Waals surface area contributed by atoms with Crippen molar-refractivity contribution in [1.82, 2.24) is 5.32 Å². The summed E-state index contributed by atoms with van der Waals surface area (Å²) in [5, 5.41) is 11.5. The largest absolute Gasteiger partial charge is 0.465 e. The molecule has 0 radical (unpaired) electrons. The van der Waals surface area contributed by atoms with Gasteiger partial charge in [-0.1, -0.05) is 41.9 Å². The van der Waals surface area contributed by atoms with Gasteiger partial charge in [0.2, 0.25) is 0 Å². The van der Waals surface area contributed by atoms with E-state index in [1.165, 1.54) is 0 Å². The van der Waals surface area contributed by atoms with E-state index in [-0.39, 0.29) is 4.87 Å². The Hall–Kier alpha value is -0.0300. The van der Waals surface area contributed by atoms with Crippen LogP contribution in [-0.4, -0.2) is 21.8 Å². The van der Waals surface area contributed by atoms with Gasteiger partial charge in [0.05, 0.1) is 0 Å². The Morgan fingerprint density at radius 2 is 2.36 bits per heavy atom. The third-order valence-electron chi connectivity index (χ3n) is 2.75. The van der Waals surface area contributed by atoms with Gasteiger partial charge < -0.3 is 10.4 Å². The lowest BCUT2D eigenvalue weighted by atomic mass is 9.91. The highest BCUT2D eigenvalue weighted by atomic mass is 33.1. The molecule has 0 spiro atoms. The average molecular weight is 235 g/mol. The number of nitrogens with one attached hydrogen (secondary N) is 1. The van der Waals surface area contributed by atoms with E-state index in [1.54, 1.807) is 21.6 Å². The summed E-state index contributed by atoms with van der Waals surface area (Å²) in [4.78, 5) is 10.5. The van der Waals surface area contributed by atoms with Gasteiger partial charge >= 0.3 is 6.09 Å². The van der Waals surface area contributed by atoms with Crippen molar-refractivity contribution in [3.8, 4) is 0 Å². The van der Waals surface area contributed by atoms with E-state index < -0.39 is 6.09 Å². The monoisotopic (exact) mass is 235 g/mol. The molecular weight excluding hydrogens is 218 g/mol. The second kappa shape index (κ2) is 5.16. The van der Waals surface area contributed by atoms with Crippen LogP contribution in [0.5, 0.6) is 0 Å². The minimum atomic E-state index is -0.902. The van der Waals surface area contributed by atoms with Gasteiger partial charge in [-0.05, 0) is 18.8 Å². The van der Waals surface area contributed by atoms with Crippen LogP contribution >= 0.6 is 21.6 Å². The summed E-state index contributed by atoms with van der Waals surface area (Å²) >= 11 is 0. The van der Waals surface area contributed by atoms with Crippen molar-refractivity contribution < 1.29 is 9.90 Å². The summed E-state index contributed by atoms with van der Waals surface area (Å²) in [6, 6.07) is 0. The highest BCUT2D eigenvalue weighted by Gasteiger charge is 2.41. The molecule has 5 heteroatoms. The fourth-order valence-corrected chi connectivity index (χ4v) is 5.31. The van der Waals surface area contributed by atoms with Crippen LogP contribution in [-0.2, 0) is 0 Å². The second-order valence-electron chi connectivity index (χ2n) is 3.47. The molecule has 2 N–H and O–H groups in total. The minimum Gasteiger partial charge on any atom is -0.465 e. The van der Waals surface area contributed by atoms with E-state index in [1.807, 2.05) is 0 Å². The van der Waals surface area contributed by atoms with Gasteiger partial charge in [0.15, 0.2) is 0 Å². The topological polar surface area (TPSA) is 49.3 Å². The van der Waals surface area contributed by atoms with Crippen molar-refractivity contribution in [2.45, 2.75) is 38.0 Å². The molecule has 0 bridgehead atoms. The molecule has 1 rings (SSSR count). The third kappa shape index (κ3) is 2.51. The molecule has 82 valence electrons. The average Bonchev–Trinajstić information content (AvgIpc) is 2.17. The predicted octanol–water partition coefficient (Wildman–Crippen LogP) is 3.17. The van der Waals surface area contributed by atoms with Crippen LogP contribution in [0.1, 0.15) is 33.1 Å². The van der Waals surface area contributed by atoms with Gasteiger partial charge in [-0.15, -0.1) is 0 Å². The molecule has 2 unspecified atom stereocenters. The lowest BCUT2D eigenvalue weighted by molar-refractivity contribution is 0.176.